The fraction of sp³-hybridized carbons (Fsp3) is 0.160. The van der Waals surface area contributed by atoms with Gasteiger partial charge in [-0.25, -0.2) is 4.98 Å². The Bertz CT molecular complexity index is 1480. The van der Waals surface area contributed by atoms with Crippen LogP contribution in [0.4, 0.5) is 13.2 Å². The fourth-order valence-electron chi connectivity index (χ4n) is 3.64. The molecule has 3 aromatic heterocycles. The Morgan fingerprint density at radius 3 is 2.46 bits per heavy atom. The Morgan fingerprint density at radius 1 is 1.11 bits per heavy atom. The maximum absolute atomic E-state index is 12.8. The summed E-state index contributed by atoms with van der Waals surface area (Å²) in [5.41, 5.74) is 7.93. The number of hydrogen-bond donors (Lipinski definition) is 2. The second-order valence-electron chi connectivity index (χ2n) is 7.66. The van der Waals surface area contributed by atoms with Gasteiger partial charge in [0.15, 0.2) is 5.65 Å². The zero-order valence-electron chi connectivity index (χ0n) is 18.6. The van der Waals surface area contributed by atoms with E-state index in [4.69, 9.17) is 10.8 Å². The first-order valence-electron chi connectivity index (χ1n) is 10.6. The standard InChI is InChI=1S/C18H12F3N3OS.C7H9NO/c1-9-23-17-15(26-9)13-8-10(16(22)25)2-7-14(13)24(17)12-5-3-11(4-6-12)18(19,20)21;9-6-4-7-3-1-2-5-8-7/h2-8H,1H3,(H2,22,25);1-3,5,9H,4,6H2. The number of halogens is 3. The summed E-state index contributed by atoms with van der Waals surface area (Å²) in [5.74, 6) is -0.538. The fourth-order valence-corrected chi connectivity index (χ4v) is 4.57. The number of hydrogen-bond acceptors (Lipinski definition) is 5. The highest BCUT2D eigenvalue weighted by molar-refractivity contribution is 7.19. The van der Waals surface area contributed by atoms with E-state index in [1.54, 1.807) is 29.0 Å². The van der Waals surface area contributed by atoms with Crippen LogP contribution in [0.25, 0.3) is 26.9 Å². The molecule has 0 atom stereocenters. The van der Waals surface area contributed by atoms with E-state index in [9.17, 15) is 18.0 Å². The Hall–Kier alpha value is -3.76. The van der Waals surface area contributed by atoms with Gasteiger partial charge in [0.2, 0.25) is 5.91 Å². The normalized spacial score (nSPS) is 11.5. The zero-order chi connectivity index (χ0) is 25.2. The van der Waals surface area contributed by atoms with Crippen LogP contribution in [0.5, 0.6) is 0 Å². The van der Waals surface area contributed by atoms with E-state index in [2.05, 4.69) is 9.97 Å². The van der Waals surface area contributed by atoms with Crippen molar-refractivity contribution in [3.8, 4) is 5.69 Å². The summed E-state index contributed by atoms with van der Waals surface area (Å²) in [4.78, 5) is 20.0. The van der Waals surface area contributed by atoms with Crippen LogP contribution in [0.1, 0.15) is 26.6 Å². The first-order chi connectivity index (χ1) is 16.7. The number of pyridine rings is 1. The first-order valence-corrected chi connectivity index (χ1v) is 11.4. The van der Waals surface area contributed by atoms with E-state index >= 15 is 0 Å². The van der Waals surface area contributed by atoms with Crippen LogP contribution < -0.4 is 5.73 Å². The molecule has 3 N–H and O–H groups in total. The van der Waals surface area contributed by atoms with Crippen LogP contribution in [-0.2, 0) is 12.6 Å². The highest BCUT2D eigenvalue weighted by atomic mass is 32.1. The van der Waals surface area contributed by atoms with Crippen molar-refractivity contribution >= 4 is 38.5 Å². The number of thiazole rings is 1. The van der Waals surface area contributed by atoms with E-state index in [1.165, 1.54) is 23.5 Å². The van der Waals surface area contributed by atoms with Gasteiger partial charge in [0, 0.05) is 41.6 Å². The lowest BCUT2D eigenvalue weighted by atomic mass is 10.1. The average molecular weight is 499 g/mol. The molecule has 0 unspecified atom stereocenters. The van der Waals surface area contributed by atoms with E-state index < -0.39 is 17.6 Å². The van der Waals surface area contributed by atoms with Crippen LogP contribution in [0.2, 0.25) is 0 Å². The van der Waals surface area contributed by atoms with Gasteiger partial charge >= 0.3 is 6.18 Å². The van der Waals surface area contributed by atoms with Gasteiger partial charge in [-0.1, -0.05) is 6.07 Å². The molecule has 0 saturated carbocycles. The van der Waals surface area contributed by atoms with Crippen LogP contribution in [0.3, 0.4) is 0 Å². The Labute approximate surface area is 202 Å². The molecule has 3 heterocycles. The zero-order valence-corrected chi connectivity index (χ0v) is 19.4. The minimum absolute atomic E-state index is 0.178. The minimum atomic E-state index is -4.39. The largest absolute Gasteiger partial charge is 0.416 e. The maximum atomic E-state index is 12.8. The number of primary amides is 1. The van der Waals surface area contributed by atoms with Crippen LogP contribution >= 0.6 is 11.3 Å². The lowest BCUT2D eigenvalue weighted by Gasteiger charge is -2.10. The lowest BCUT2D eigenvalue weighted by molar-refractivity contribution is -0.137. The van der Waals surface area contributed by atoms with Gasteiger partial charge in [-0.15, -0.1) is 11.3 Å². The molecule has 0 spiro atoms. The molecule has 6 nitrogen and oxygen atoms in total. The number of alkyl halides is 3. The number of aromatic nitrogens is 3. The van der Waals surface area contributed by atoms with E-state index in [1.807, 2.05) is 25.1 Å². The molecule has 2 aromatic carbocycles. The number of aryl methyl sites for hydroxylation is 1. The first kappa shape index (κ1) is 24.4. The van der Waals surface area contributed by atoms with Crippen molar-refractivity contribution in [1.82, 2.24) is 14.5 Å². The summed E-state index contributed by atoms with van der Waals surface area (Å²) in [6, 6.07) is 15.6. The number of amides is 1. The highest BCUT2D eigenvalue weighted by Crippen LogP contribution is 2.37. The second kappa shape index (κ2) is 9.85. The summed E-state index contributed by atoms with van der Waals surface area (Å²) >= 11 is 1.46. The van der Waals surface area contributed by atoms with Gasteiger partial charge in [-0.05, 0) is 61.5 Å². The summed E-state index contributed by atoms with van der Waals surface area (Å²) in [7, 11) is 0. The number of aliphatic hydroxyl groups is 1. The maximum Gasteiger partial charge on any atom is 0.416 e. The molecule has 1 amide bonds. The van der Waals surface area contributed by atoms with Crippen LogP contribution in [0, 0.1) is 6.92 Å². The smallest absolute Gasteiger partial charge is 0.396 e. The van der Waals surface area contributed by atoms with Crippen molar-refractivity contribution in [1.29, 1.82) is 0 Å². The Balaban J connectivity index is 0.000000271. The lowest BCUT2D eigenvalue weighted by Crippen LogP contribution is -2.10. The van der Waals surface area contributed by atoms with Gasteiger partial charge in [-0.2, -0.15) is 13.2 Å². The number of carbonyl (C=O) groups is 1. The van der Waals surface area contributed by atoms with Gasteiger partial charge in [0.25, 0.3) is 0 Å². The SMILES string of the molecule is Cc1nc2c(s1)c1cc(C(N)=O)ccc1n2-c1ccc(C(F)(F)F)cc1.OCCc1ccccn1. The summed E-state index contributed by atoms with van der Waals surface area (Å²) < 4.78 is 41.1. The molecule has 0 saturated heterocycles. The molecule has 0 fully saturated rings. The molecule has 0 bridgehead atoms. The summed E-state index contributed by atoms with van der Waals surface area (Å²) in [5, 5.41) is 10.1. The number of nitrogens with two attached hydrogens (primary N) is 1. The molecule has 10 heteroatoms. The second-order valence-corrected chi connectivity index (χ2v) is 8.86. The van der Waals surface area contributed by atoms with Gasteiger partial charge < -0.3 is 10.8 Å². The molecule has 5 aromatic rings. The molecule has 0 radical (unpaired) electrons. The van der Waals surface area contributed by atoms with Crippen molar-refractivity contribution in [2.45, 2.75) is 19.5 Å². The van der Waals surface area contributed by atoms with Gasteiger partial charge in [0.05, 0.1) is 20.8 Å². The van der Waals surface area contributed by atoms with Crippen LogP contribution in [-0.4, -0.2) is 32.2 Å². The molecule has 0 aliphatic rings. The number of aliphatic hydroxyl groups excluding tert-OH is 1. The van der Waals surface area contributed by atoms with Gasteiger partial charge in [-0.3, -0.25) is 14.3 Å². The summed E-state index contributed by atoms with van der Waals surface area (Å²) in [6.45, 7) is 2.03. The van der Waals surface area contributed by atoms with Crippen molar-refractivity contribution in [2.24, 2.45) is 5.73 Å². The predicted molar refractivity (Wildman–Crippen MR) is 130 cm³/mol. The third-order valence-electron chi connectivity index (χ3n) is 5.24. The molecule has 180 valence electrons. The molecule has 0 aliphatic heterocycles. The molecular weight excluding hydrogens is 477 g/mol. The Morgan fingerprint density at radius 2 is 1.86 bits per heavy atom. The molecule has 0 aliphatic carbocycles. The highest BCUT2D eigenvalue weighted by Gasteiger charge is 2.30. The number of carbonyl (C=O) groups excluding carboxylic acids is 1. The number of fused-ring (bicyclic) bond motifs is 3. The van der Waals surface area contributed by atoms with Crippen molar-refractivity contribution in [3.63, 3.8) is 0 Å². The molecular formula is C25H21F3N4O2S. The number of benzene rings is 2. The third-order valence-corrected chi connectivity index (χ3v) is 6.23. The van der Waals surface area contributed by atoms with E-state index in [0.717, 1.165) is 38.4 Å². The quantitative estimate of drug-likeness (QED) is 0.352. The number of nitrogens with zero attached hydrogens (tertiary/aromatic N) is 3. The predicted octanol–water partition coefficient (Wildman–Crippen LogP) is 5.28. The number of rotatable bonds is 4. The summed E-state index contributed by atoms with van der Waals surface area (Å²) in [6.07, 6.45) is -2.01. The topological polar surface area (TPSA) is 94.0 Å². The monoisotopic (exact) mass is 498 g/mol. The average Bonchev–Trinajstić information content (AvgIpc) is 3.34. The van der Waals surface area contributed by atoms with Crippen molar-refractivity contribution in [3.05, 3.63) is 88.7 Å². The van der Waals surface area contributed by atoms with Gasteiger partial charge in [0.1, 0.15) is 0 Å². The van der Waals surface area contributed by atoms with Crippen LogP contribution in [0.15, 0.2) is 66.9 Å². The molecule has 35 heavy (non-hydrogen) atoms. The minimum Gasteiger partial charge on any atom is -0.396 e. The van der Waals surface area contributed by atoms with E-state index in [0.29, 0.717) is 23.3 Å². The van der Waals surface area contributed by atoms with E-state index in [-0.39, 0.29) is 6.61 Å². The van der Waals surface area contributed by atoms with Crippen molar-refractivity contribution in [2.75, 3.05) is 6.61 Å². The van der Waals surface area contributed by atoms with Crippen molar-refractivity contribution < 1.29 is 23.1 Å². The molecule has 5 rings (SSSR count). The Kier molecular flexibility index (Phi) is 6.86. The third kappa shape index (κ3) is 5.18.